The molecule has 1 fully saturated rings. The van der Waals surface area contributed by atoms with Crippen LogP contribution in [0.1, 0.15) is 5.69 Å². The van der Waals surface area contributed by atoms with Crippen LogP contribution in [0.15, 0.2) is 36.5 Å². The summed E-state index contributed by atoms with van der Waals surface area (Å²) in [5.74, 6) is 0.458. The van der Waals surface area contributed by atoms with Gasteiger partial charge in [-0.1, -0.05) is 12.1 Å². The maximum Gasteiger partial charge on any atom is 0.414 e. The first-order chi connectivity index (χ1) is 15.3. The third-order valence-electron chi connectivity index (χ3n) is 4.91. The molecular formula is C20H24N3O8P. The van der Waals surface area contributed by atoms with Crippen LogP contribution in [0.2, 0.25) is 0 Å². The number of nitrogens with zero attached hydrogens (tertiary/aromatic N) is 3. The maximum atomic E-state index is 12.3. The number of amides is 2. The molecule has 0 radical (unpaired) electrons. The van der Waals surface area contributed by atoms with E-state index in [4.69, 9.17) is 28.9 Å². The van der Waals surface area contributed by atoms with E-state index in [-0.39, 0.29) is 13.2 Å². The smallest absolute Gasteiger partial charge is 0.414 e. The van der Waals surface area contributed by atoms with E-state index in [0.29, 0.717) is 24.4 Å². The van der Waals surface area contributed by atoms with Crippen molar-refractivity contribution < 1.29 is 38.5 Å². The minimum absolute atomic E-state index is 0.123. The Morgan fingerprint density at radius 2 is 2.06 bits per heavy atom. The Balaban J connectivity index is 1.71. The molecule has 2 amide bonds. The number of hydrogen-bond donors (Lipinski definition) is 3. The monoisotopic (exact) mass is 465 g/mol. The zero-order chi connectivity index (χ0) is 23.3. The Kier molecular flexibility index (Phi) is 7.81. The molecule has 0 aliphatic carbocycles. The van der Waals surface area contributed by atoms with Crippen molar-refractivity contribution >= 4 is 26.5 Å². The number of methoxy groups -OCH3 is 1. The minimum Gasteiger partial charge on any atom is -0.495 e. The van der Waals surface area contributed by atoms with Crippen LogP contribution in [0.5, 0.6) is 5.75 Å². The highest BCUT2D eigenvalue weighted by molar-refractivity contribution is 7.39. The molecule has 1 aromatic heterocycles. The summed E-state index contributed by atoms with van der Waals surface area (Å²) in [5, 5.41) is 8.92. The maximum absolute atomic E-state index is 12.3. The van der Waals surface area contributed by atoms with Crippen molar-refractivity contribution in [2.75, 3.05) is 38.8 Å². The number of rotatable bonds is 9. The summed E-state index contributed by atoms with van der Waals surface area (Å²) in [6.45, 7) is 0.404. The molecular weight excluding hydrogens is 441 g/mol. The number of benzene rings is 1. The minimum atomic E-state index is -2.52. The van der Waals surface area contributed by atoms with E-state index >= 15 is 0 Å². The fraction of sp³-hybridized carbons (Fsp3) is 0.350. The molecule has 1 aromatic carbocycles. The Morgan fingerprint density at radius 1 is 1.31 bits per heavy atom. The quantitative estimate of drug-likeness (QED) is 0.476. The van der Waals surface area contributed by atoms with Gasteiger partial charge in [0.15, 0.2) is 0 Å². The predicted octanol–water partition coefficient (Wildman–Crippen LogP) is 2.46. The number of likely N-dealkylation sites (N-methyl/N-ethyl adjacent to an activating group) is 1. The lowest BCUT2D eigenvalue weighted by molar-refractivity contribution is 0.0987. The average Bonchev–Trinajstić information content (AvgIpc) is 3.16. The molecule has 1 saturated heterocycles. The van der Waals surface area contributed by atoms with Crippen molar-refractivity contribution in [2.45, 2.75) is 12.5 Å². The summed E-state index contributed by atoms with van der Waals surface area (Å²) in [7, 11) is 0.483. The van der Waals surface area contributed by atoms with Crippen LogP contribution in [0.25, 0.3) is 11.1 Å². The SMILES string of the molecule is COc1cc(-c2ccc(CCN(C)C(=O)O)nc2)ccc1N1CC(COP(O)O)OC1=O. The summed E-state index contributed by atoms with van der Waals surface area (Å²) in [6.07, 6.45) is 0.00270. The zero-order valence-corrected chi connectivity index (χ0v) is 18.4. The molecule has 0 bridgehead atoms. The van der Waals surface area contributed by atoms with Gasteiger partial charge < -0.3 is 33.8 Å². The topological polar surface area (TPSA) is 142 Å². The van der Waals surface area contributed by atoms with E-state index in [1.807, 2.05) is 18.2 Å². The van der Waals surface area contributed by atoms with Crippen LogP contribution < -0.4 is 9.64 Å². The molecule has 0 saturated carbocycles. The molecule has 0 spiro atoms. The third kappa shape index (κ3) is 5.83. The van der Waals surface area contributed by atoms with Gasteiger partial charge in [-0.2, -0.15) is 0 Å². The van der Waals surface area contributed by atoms with Crippen LogP contribution >= 0.6 is 8.60 Å². The molecule has 2 aromatic rings. The number of aromatic nitrogens is 1. The number of hydrogen-bond acceptors (Lipinski definition) is 8. The number of carboxylic acid groups (broad SMARTS) is 1. The molecule has 3 rings (SSSR count). The Bertz CT molecular complexity index is 956. The van der Waals surface area contributed by atoms with Gasteiger partial charge in [-0.25, -0.2) is 9.59 Å². The van der Waals surface area contributed by atoms with Crippen molar-refractivity contribution in [3.05, 3.63) is 42.2 Å². The molecule has 3 N–H and O–H groups in total. The van der Waals surface area contributed by atoms with Crippen LogP contribution in [0, 0.1) is 0 Å². The van der Waals surface area contributed by atoms with E-state index in [1.165, 1.54) is 24.0 Å². The third-order valence-corrected chi connectivity index (χ3v) is 5.29. The average molecular weight is 465 g/mol. The largest absolute Gasteiger partial charge is 0.495 e. The molecule has 1 aliphatic heterocycles. The number of cyclic esters (lactones) is 1. The Hall–Kier alpha value is -2.98. The first kappa shape index (κ1) is 23.7. The van der Waals surface area contributed by atoms with Gasteiger partial charge in [0.1, 0.15) is 11.9 Å². The standard InChI is InChI=1S/C20H24N3O8P/c1-22(19(24)25)8-7-15-5-3-14(10-21-15)13-4-6-17(18(9-13)29-2)23-11-16(31-20(23)26)12-30-32(27)28/h3-6,9-10,16,27-28H,7-8,11-12H2,1-2H3,(H,24,25). The fourth-order valence-corrected chi connectivity index (χ4v) is 3.46. The summed E-state index contributed by atoms with van der Waals surface area (Å²) in [5.41, 5.74) is 2.94. The number of carbonyl (C=O) groups excluding carboxylic acids is 1. The number of ether oxygens (including phenoxy) is 2. The molecule has 11 nitrogen and oxygen atoms in total. The van der Waals surface area contributed by atoms with Gasteiger partial charge in [0.2, 0.25) is 0 Å². The molecule has 12 heteroatoms. The molecule has 172 valence electrons. The highest BCUT2D eigenvalue weighted by Gasteiger charge is 2.34. The first-order valence-corrected chi connectivity index (χ1v) is 10.8. The summed E-state index contributed by atoms with van der Waals surface area (Å²) >= 11 is 0. The predicted molar refractivity (Wildman–Crippen MR) is 116 cm³/mol. The second-order valence-electron chi connectivity index (χ2n) is 7.04. The zero-order valence-electron chi connectivity index (χ0n) is 17.5. The van der Waals surface area contributed by atoms with Gasteiger partial charge in [-0.15, -0.1) is 0 Å². The highest BCUT2D eigenvalue weighted by Crippen LogP contribution is 2.36. The number of pyridine rings is 1. The Labute approximate surface area is 185 Å². The van der Waals surface area contributed by atoms with Crippen LogP contribution in [0.4, 0.5) is 15.3 Å². The molecule has 2 heterocycles. The lowest BCUT2D eigenvalue weighted by Gasteiger charge is -2.18. The molecule has 32 heavy (non-hydrogen) atoms. The molecule has 1 aliphatic rings. The normalized spacial score (nSPS) is 15.7. The van der Waals surface area contributed by atoms with E-state index in [0.717, 1.165) is 16.8 Å². The van der Waals surface area contributed by atoms with Gasteiger partial charge >= 0.3 is 20.8 Å². The van der Waals surface area contributed by atoms with E-state index < -0.39 is 26.9 Å². The second kappa shape index (κ2) is 10.6. The van der Waals surface area contributed by atoms with Crippen molar-refractivity contribution in [3.63, 3.8) is 0 Å². The van der Waals surface area contributed by atoms with E-state index in [9.17, 15) is 9.59 Å². The van der Waals surface area contributed by atoms with E-state index in [1.54, 1.807) is 18.3 Å². The van der Waals surface area contributed by atoms with Crippen molar-refractivity contribution in [3.8, 4) is 16.9 Å². The van der Waals surface area contributed by atoms with Gasteiger partial charge in [-0.3, -0.25) is 9.88 Å². The lowest BCUT2D eigenvalue weighted by atomic mass is 10.1. The van der Waals surface area contributed by atoms with Crippen molar-refractivity contribution in [1.82, 2.24) is 9.88 Å². The number of anilines is 1. The van der Waals surface area contributed by atoms with Gasteiger partial charge in [-0.05, 0) is 23.8 Å². The first-order valence-electron chi connectivity index (χ1n) is 9.65. The van der Waals surface area contributed by atoms with E-state index in [2.05, 4.69) is 4.98 Å². The van der Waals surface area contributed by atoms with Gasteiger partial charge in [0, 0.05) is 37.5 Å². The van der Waals surface area contributed by atoms with Crippen LogP contribution in [0.3, 0.4) is 0 Å². The van der Waals surface area contributed by atoms with Crippen LogP contribution in [-0.4, -0.2) is 76.9 Å². The molecule has 1 unspecified atom stereocenters. The Morgan fingerprint density at radius 3 is 2.69 bits per heavy atom. The van der Waals surface area contributed by atoms with Crippen molar-refractivity contribution in [1.29, 1.82) is 0 Å². The fourth-order valence-electron chi connectivity index (χ4n) is 3.16. The summed E-state index contributed by atoms with van der Waals surface area (Å²) in [4.78, 5) is 47.9. The van der Waals surface area contributed by atoms with Crippen LogP contribution in [-0.2, 0) is 15.7 Å². The van der Waals surface area contributed by atoms with Gasteiger partial charge in [0.05, 0.1) is 25.9 Å². The highest BCUT2D eigenvalue weighted by atomic mass is 31.2. The molecule has 1 atom stereocenters. The second-order valence-corrected chi connectivity index (χ2v) is 7.81. The summed E-state index contributed by atoms with van der Waals surface area (Å²) < 4.78 is 15.4. The van der Waals surface area contributed by atoms with Crippen molar-refractivity contribution in [2.24, 2.45) is 0 Å². The van der Waals surface area contributed by atoms with Gasteiger partial charge in [0.25, 0.3) is 0 Å². The lowest BCUT2D eigenvalue weighted by Crippen LogP contribution is -2.27. The summed E-state index contributed by atoms with van der Waals surface area (Å²) in [6, 6.07) is 9.06. The number of carbonyl (C=O) groups is 2.